The van der Waals surface area contributed by atoms with Crippen molar-refractivity contribution in [2.45, 2.75) is 57.2 Å². The number of nitrogens with zero attached hydrogens (tertiary/aromatic N) is 4. The molecule has 1 N–H and O–H groups in total. The lowest BCUT2D eigenvalue weighted by molar-refractivity contribution is 0.0156. The monoisotopic (exact) mass is 441 g/mol. The van der Waals surface area contributed by atoms with Gasteiger partial charge < -0.3 is 9.64 Å². The molecule has 1 aliphatic carbocycles. The Hall–Kier alpha value is -1.97. The predicted octanol–water partition coefficient (Wildman–Crippen LogP) is 2.86. The molecule has 0 bridgehead atoms. The van der Waals surface area contributed by atoms with E-state index in [1.54, 1.807) is 4.90 Å². The molecule has 1 saturated heterocycles. The molecule has 0 aromatic carbocycles. The Balaban J connectivity index is 1.65. The molecule has 0 radical (unpaired) electrons. The van der Waals surface area contributed by atoms with Crippen LogP contribution in [0.3, 0.4) is 0 Å². The van der Waals surface area contributed by atoms with Gasteiger partial charge in [-0.15, -0.1) is 0 Å². The largest absolute Gasteiger partial charge is 0.444 e. The number of ether oxygens (including phenoxy) is 1. The van der Waals surface area contributed by atoms with Gasteiger partial charge in [0.1, 0.15) is 11.8 Å². The van der Waals surface area contributed by atoms with Gasteiger partial charge in [-0.3, -0.25) is 9.89 Å². The number of rotatable bonds is 0. The van der Waals surface area contributed by atoms with Crippen molar-refractivity contribution in [1.29, 1.82) is 0 Å². The maximum Gasteiger partial charge on any atom is 0.410 e. The predicted molar refractivity (Wildman–Crippen MR) is 98.5 cm³/mol. The molecule has 2 aromatic heterocycles. The van der Waals surface area contributed by atoms with Crippen LogP contribution in [-0.4, -0.2) is 49.3 Å². The van der Waals surface area contributed by atoms with Gasteiger partial charge in [0.05, 0.1) is 11.3 Å². The van der Waals surface area contributed by atoms with Crippen molar-refractivity contribution in [3.63, 3.8) is 0 Å². The van der Waals surface area contributed by atoms with Crippen LogP contribution in [0.4, 0.5) is 9.18 Å². The lowest BCUT2D eigenvalue weighted by atomic mass is 9.74. The molecule has 10 heteroatoms. The van der Waals surface area contributed by atoms with Gasteiger partial charge in [0.2, 0.25) is 0 Å². The molecule has 1 amide bonds. The number of halogens is 2. The highest BCUT2D eigenvalue weighted by atomic mass is 79.9. The van der Waals surface area contributed by atoms with E-state index in [-0.39, 0.29) is 29.5 Å². The molecule has 1 atom stereocenters. The van der Waals surface area contributed by atoms with E-state index in [2.05, 4.69) is 31.0 Å². The summed E-state index contributed by atoms with van der Waals surface area (Å²) in [5, 5.41) is 2.79. The van der Waals surface area contributed by atoms with Gasteiger partial charge in [0.15, 0.2) is 4.73 Å². The fourth-order valence-corrected chi connectivity index (χ4v) is 4.41. The molecule has 2 aliphatic rings. The highest BCUT2D eigenvalue weighted by Gasteiger charge is 2.50. The van der Waals surface area contributed by atoms with Crippen molar-refractivity contribution in [2.24, 2.45) is 0 Å². The van der Waals surface area contributed by atoms with Crippen LogP contribution < -0.4 is 5.56 Å². The van der Waals surface area contributed by atoms with Crippen LogP contribution in [0.1, 0.15) is 57.5 Å². The number of nitrogens with one attached hydrogen (secondary N) is 1. The summed E-state index contributed by atoms with van der Waals surface area (Å²) in [5.74, 6) is 0.150. The standard InChI is InChI=1S/C17H21BrFN5O3/c1-16(2,3)27-15(26)23-6-4-17(5-7-23)8-9(19)11-10(17)12(25)24-14(20-11)21-13(18)22-24/h9H,4-8H2,1-3H3,(H,20,21,22). The molecular weight excluding hydrogens is 421 g/mol. The topological polar surface area (TPSA) is 92.6 Å². The van der Waals surface area contributed by atoms with E-state index in [0.717, 1.165) is 0 Å². The maximum atomic E-state index is 14.8. The summed E-state index contributed by atoms with van der Waals surface area (Å²) in [5.41, 5.74) is -0.911. The van der Waals surface area contributed by atoms with Crippen molar-refractivity contribution >= 4 is 27.8 Å². The summed E-state index contributed by atoms with van der Waals surface area (Å²) < 4.78 is 21.8. The van der Waals surface area contributed by atoms with Crippen LogP contribution in [0, 0.1) is 0 Å². The first-order chi connectivity index (χ1) is 12.6. The van der Waals surface area contributed by atoms with Gasteiger partial charge in [0, 0.05) is 18.5 Å². The Morgan fingerprint density at radius 1 is 1.33 bits per heavy atom. The number of amides is 1. The quantitative estimate of drug-likeness (QED) is 0.678. The molecule has 1 fully saturated rings. The summed E-state index contributed by atoms with van der Waals surface area (Å²) in [6.45, 7) is 6.28. The Morgan fingerprint density at radius 2 is 2.00 bits per heavy atom. The summed E-state index contributed by atoms with van der Waals surface area (Å²) in [4.78, 5) is 35.3. The van der Waals surface area contributed by atoms with E-state index in [9.17, 15) is 14.0 Å². The van der Waals surface area contributed by atoms with Crippen LogP contribution in [0.25, 0.3) is 5.78 Å². The number of aromatic amines is 1. The van der Waals surface area contributed by atoms with E-state index in [1.807, 2.05) is 20.8 Å². The van der Waals surface area contributed by atoms with Gasteiger partial charge in [-0.25, -0.2) is 14.2 Å². The molecule has 4 rings (SSSR count). The number of carbonyl (C=O) groups excluding carboxylic acids is 1. The minimum atomic E-state index is -1.30. The number of piperidine rings is 1. The van der Waals surface area contributed by atoms with Crippen molar-refractivity contribution in [2.75, 3.05) is 13.1 Å². The molecule has 1 spiro atoms. The number of likely N-dealkylation sites (tertiary alicyclic amines) is 1. The number of aromatic nitrogens is 4. The minimum Gasteiger partial charge on any atom is -0.444 e. The van der Waals surface area contributed by atoms with E-state index in [1.165, 1.54) is 4.52 Å². The molecular formula is C17H21BrFN5O3. The lowest BCUT2D eigenvalue weighted by Crippen LogP contribution is -2.47. The summed E-state index contributed by atoms with van der Waals surface area (Å²) in [6.07, 6.45) is -0.479. The molecule has 8 nitrogen and oxygen atoms in total. The number of fused-ring (bicyclic) bond motifs is 3. The second kappa shape index (κ2) is 6.02. The molecule has 0 saturated carbocycles. The third-order valence-electron chi connectivity index (χ3n) is 5.26. The molecule has 3 heterocycles. The fraction of sp³-hybridized carbons (Fsp3) is 0.647. The Morgan fingerprint density at radius 3 is 2.63 bits per heavy atom. The number of alkyl halides is 1. The number of H-pyrrole nitrogens is 1. The van der Waals surface area contributed by atoms with Gasteiger partial charge in [-0.2, -0.15) is 9.50 Å². The molecule has 27 heavy (non-hydrogen) atoms. The first-order valence-electron chi connectivity index (χ1n) is 8.90. The molecule has 1 aliphatic heterocycles. The van der Waals surface area contributed by atoms with Gasteiger partial charge >= 0.3 is 6.09 Å². The minimum absolute atomic E-state index is 0.150. The van der Waals surface area contributed by atoms with Gasteiger partial charge in [-0.05, 0) is 56.0 Å². The van der Waals surface area contributed by atoms with Crippen LogP contribution >= 0.6 is 15.9 Å². The zero-order valence-electron chi connectivity index (χ0n) is 15.4. The average Bonchev–Trinajstić information content (AvgIpc) is 3.05. The molecule has 146 valence electrons. The van der Waals surface area contributed by atoms with Crippen molar-refractivity contribution < 1.29 is 13.9 Å². The van der Waals surface area contributed by atoms with Crippen molar-refractivity contribution in [1.82, 2.24) is 24.5 Å². The van der Waals surface area contributed by atoms with Crippen molar-refractivity contribution in [3.05, 3.63) is 26.3 Å². The Bertz CT molecular complexity index is 971. The summed E-state index contributed by atoms with van der Waals surface area (Å²) >= 11 is 3.18. The van der Waals surface area contributed by atoms with E-state index in [0.29, 0.717) is 36.2 Å². The second-order valence-corrected chi connectivity index (χ2v) is 9.00. The smallest absolute Gasteiger partial charge is 0.410 e. The van der Waals surface area contributed by atoms with E-state index < -0.39 is 17.2 Å². The third-order valence-corrected chi connectivity index (χ3v) is 5.62. The van der Waals surface area contributed by atoms with Gasteiger partial charge in [0.25, 0.3) is 11.3 Å². The Kier molecular flexibility index (Phi) is 4.10. The van der Waals surface area contributed by atoms with Crippen LogP contribution in [-0.2, 0) is 10.2 Å². The van der Waals surface area contributed by atoms with Crippen molar-refractivity contribution in [3.8, 4) is 0 Å². The van der Waals surface area contributed by atoms with Gasteiger partial charge in [-0.1, -0.05) is 0 Å². The van der Waals surface area contributed by atoms with Crippen LogP contribution in [0.5, 0.6) is 0 Å². The molecule has 1 unspecified atom stereocenters. The fourth-order valence-electron chi connectivity index (χ4n) is 4.07. The zero-order valence-corrected chi connectivity index (χ0v) is 17.0. The SMILES string of the molecule is CC(C)(C)OC(=O)N1CCC2(CC1)CC(F)c1nc3nc(Br)[nH]n3c(=O)c12. The average molecular weight is 442 g/mol. The number of hydrogen-bond acceptors (Lipinski definition) is 5. The summed E-state index contributed by atoms with van der Waals surface area (Å²) in [6, 6.07) is 0. The maximum absolute atomic E-state index is 14.8. The second-order valence-electron chi connectivity index (χ2n) is 8.25. The highest BCUT2D eigenvalue weighted by Crippen LogP contribution is 2.50. The normalized spacial score (nSPS) is 21.7. The highest BCUT2D eigenvalue weighted by molar-refractivity contribution is 9.10. The number of hydrogen-bond donors (Lipinski definition) is 1. The van der Waals surface area contributed by atoms with Crippen LogP contribution in [0.15, 0.2) is 9.53 Å². The Labute approximate surface area is 163 Å². The number of carbonyl (C=O) groups is 1. The zero-order chi connectivity index (χ0) is 19.6. The first kappa shape index (κ1) is 18.4. The van der Waals surface area contributed by atoms with E-state index >= 15 is 0 Å². The lowest BCUT2D eigenvalue weighted by Gasteiger charge is -2.39. The summed E-state index contributed by atoms with van der Waals surface area (Å²) in [7, 11) is 0. The third kappa shape index (κ3) is 3.03. The first-order valence-corrected chi connectivity index (χ1v) is 9.70. The molecule has 2 aromatic rings. The van der Waals surface area contributed by atoms with Crippen LogP contribution in [0.2, 0.25) is 0 Å². The van der Waals surface area contributed by atoms with E-state index in [4.69, 9.17) is 4.74 Å².